The third-order valence-electron chi connectivity index (χ3n) is 3.78. The van der Waals surface area contributed by atoms with Crippen molar-refractivity contribution in [2.75, 3.05) is 26.3 Å². The van der Waals surface area contributed by atoms with Crippen LogP contribution in [0.1, 0.15) is 5.56 Å². The van der Waals surface area contributed by atoms with Gasteiger partial charge in [0.1, 0.15) is 18.2 Å². The molecule has 3 rings (SSSR count). The Morgan fingerprint density at radius 3 is 2.38 bits per heavy atom. The molecule has 0 saturated carbocycles. The Hall–Kier alpha value is -1.96. The van der Waals surface area contributed by atoms with Gasteiger partial charge in [-0.3, -0.25) is 0 Å². The van der Waals surface area contributed by atoms with Gasteiger partial charge in [0.25, 0.3) is 0 Å². The first kappa shape index (κ1) is 16.9. The number of sulfonamides is 1. The Morgan fingerprint density at radius 1 is 1.04 bits per heavy atom. The van der Waals surface area contributed by atoms with Gasteiger partial charge in [-0.2, -0.15) is 4.31 Å². The van der Waals surface area contributed by atoms with E-state index in [9.17, 15) is 12.8 Å². The topological polar surface area (TPSA) is 55.8 Å². The monoisotopic (exact) mass is 351 g/mol. The fraction of sp³-hybridized carbons (Fsp3) is 0.294. The summed E-state index contributed by atoms with van der Waals surface area (Å²) in [4.78, 5) is 0.211. The number of hydrogen-bond donors (Lipinski definition) is 0. The first-order valence-corrected chi connectivity index (χ1v) is 9.05. The zero-order valence-electron chi connectivity index (χ0n) is 13.0. The molecule has 2 aromatic carbocycles. The first-order chi connectivity index (χ1) is 11.6. The van der Waals surface area contributed by atoms with Crippen molar-refractivity contribution in [3.8, 4) is 5.75 Å². The molecule has 1 fully saturated rings. The van der Waals surface area contributed by atoms with Gasteiger partial charge in [0.2, 0.25) is 10.0 Å². The van der Waals surface area contributed by atoms with Crippen LogP contribution in [0.15, 0.2) is 53.4 Å². The van der Waals surface area contributed by atoms with Gasteiger partial charge in [-0.1, -0.05) is 18.2 Å². The van der Waals surface area contributed by atoms with Crippen molar-refractivity contribution in [1.82, 2.24) is 4.31 Å². The van der Waals surface area contributed by atoms with Crippen LogP contribution in [0.3, 0.4) is 0 Å². The fourth-order valence-corrected chi connectivity index (χ4v) is 3.83. The van der Waals surface area contributed by atoms with Crippen molar-refractivity contribution < 1.29 is 22.3 Å². The first-order valence-electron chi connectivity index (χ1n) is 7.61. The van der Waals surface area contributed by atoms with Crippen LogP contribution in [0.2, 0.25) is 0 Å². The van der Waals surface area contributed by atoms with Gasteiger partial charge in [0, 0.05) is 18.7 Å². The van der Waals surface area contributed by atoms with Gasteiger partial charge in [0.05, 0.1) is 18.1 Å². The zero-order valence-corrected chi connectivity index (χ0v) is 13.8. The molecule has 0 spiro atoms. The summed E-state index contributed by atoms with van der Waals surface area (Å²) in [6.45, 7) is 1.61. The minimum atomic E-state index is -3.51. The van der Waals surface area contributed by atoms with E-state index in [2.05, 4.69) is 0 Å². The molecule has 0 N–H and O–H groups in total. The Morgan fingerprint density at radius 2 is 1.71 bits per heavy atom. The quantitative estimate of drug-likeness (QED) is 0.830. The molecular formula is C17H18FNO4S. The minimum absolute atomic E-state index is 0.0855. The van der Waals surface area contributed by atoms with E-state index < -0.39 is 10.0 Å². The molecule has 2 aromatic rings. The highest BCUT2D eigenvalue weighted by Gasteiger charge is 2.26. The number of morpholine rings is 1. The molecule has 0 unspecified atom stereocenters. The van der Waals surface area contributed by atoms with Crippen molar-refractivity contribution >= 4 is 10.0 Å². The molecule has 24 heavy (non-hydrogen) atoms. The van der Waals surface area contributed by atoms with Crippen molar-refractivity contribution in [2.24, 2.45) is 0 Å². The summed E-state index contributed by atoms with van der Waals surface area (Å²) in [6.07, 6.45) is 0. The van der Waals surface area contributed by atoms with Crippen LogP contribution >= 0.6 is 0 Å². The molecule has 128 valence electrons. The molecule has 1 saturated heterocycles. The largest absolute Gasteiger partial charge is 0.489 e. The molecule has 0 atom stereocenters. The van der Waals surface area contributed by atoms with Crippen LogP contribution in [-0.4, -0.2) is 39.0 Å². The summed E-state index contributed by atoms with van der Waals surface area (Å²) < 4.78 is 50.7. The maximum absolute atomic E-state index is 13.5. The third kappa shape index (κ3) is 3.75. The standard InChI is InChI=1S/C17H18FNO4S/c18-17-4-2-1-3-14(17)13-23-15-5-7-16(8-6-15)24(20,21)19-9-11-22-12-10-19/h1-8H,9-13H2. The van der Waals surface area contributed by atoms with Gasteiger partial charge in [-0.05, 0) is 30.3 Å². The van der Waals surface area contributed by atoms with Crippen molar-refractivity contribution in [1.29, 1.82) is 0 Å². The molecule has 5 nitrogen and oxygen atoms in total. The summed E-state index contributed by atoms with van der Waals surface area (Å²) in [6, 6.07) is 12.5. The van der Waals surface area contributed by atoms with E-state index in [-0.39, 0.29) is 17.3 Å². The van der Waals surface area contributed by atoms with E-state index >= 15 is 0 Å². The predicted molar refractivity (Wildman–Crippen MR) is 86.8 cm³/mol. The lowest BCUT2D eigenvalue weighted by atomic mass is 10.2. The average molecular weight is 351 g/mol. The van der Waals surface area contributed by atoms with Gasteiger partial charge < -0.3 is 9.47 Å². The van der Waals surface area contributed by atoms with Crippen molar-refractivity contribution in [2.45, 2.75) is 11.5 Å². The molecule has 1 aliphatic heterocycles. The second-order valence-electron chi connectivity index (χ2n) is 5.37. The second kappa shape index (κ2) is 7.29. The smallest absolute Gasteiger partial charge is 0.243 e. The number of ether oxygens (including phenoxy) is 2. The third-order valence-corrected chi connectivity index (χ3v) is 5.70. The van der Waals surface area contributed by atoms with E-state index in [0.717, 1.165) is 0 Å². The molecule has 7 heteroatoms. The molecule has 0 amide bonds. The molecular weight excluding hydrogens is 333 g/mol. The van der Waals surface area contributed by atoms with Gasteiger partial charge in [-0.15, -0.1) is 0 Å². The zero-order chi connectivity index (χ0) is 17.0. The number of rotatable bonds is 5. The Labute approximate surface area is 140 Å². The highest BCUT2D eigenvalue weighted by atomic mass is 32.2. The summed E-state index contributed by atoms with van der Waals surface area (Å²) >= 11 is 0. The van der Waals surface area contributed by atoms with Crippen LogP contribution in [0.5, 0.6) is 5.75 Å². The summed E-state index contributed by atoms with van der Waals surface area (Å²) in [5, 5.41) is 0. The maximum atomic E-state index is 13.5. The van der Waals surface area contributed by atoms with Crippen LogP contribution < -0.4 is 4.74 Å². The van der Waals surface area contributed by atoms with Crippen LogP contribution in [0.4, 0.5) is 4.39 Å². The normalized spacial score (nSPS) is 16.0. The van der Waals surface area contributed by atoms with Crippen LogP contribution in [0.25, 0.3) is 0 Å². The molecule has 0 aliphatic carbocycles. The minimum Gasteiger partial charge on any atom is -0.489 e. The van der Waals surface area contributed by atoms with E-state index in [4.69, 9.17) is 9.47 Å². The van der Waals surface area contributed by atoms with Gasteiger partial charge in [-0.25, -0.2) is 12.8 Å². The predicted octanol–water partition coefficient (Wildman–Crippen LogP) is 2.43. The van der Waals surface area contributed by atoms with E-state index in [1.165, 1.54) is 22.5 Å². The van der Waals surface area contributed by atoms with Gasteiger partial charge >= 0.3 is 0 Å². The molecule has 0 radical (unpaired) electrons. The van der Waals surface area contributed by atoms with E-state index in [1.54, 1.807) is 30.3 Å². The number of nitrogens with zero attached hydrogens (tertiary/aromatic N) is 1. The van der Waals surface area contributed by atoms with E-state index in [0.29, 0.717) is 37.6 Å². The van der Waals surface area contributed by atoms with Crippen LogP contribution in [-0.2, 0) is 21.4 Å². The summed E-state index contributed by atoms with van der Waals surface area (Å²) in [5.74, 6) is 0.156. The number of hydrogen-bond acceptors (Lipinski definition) is 4. The van der Waals surface area contributed by atoms with Crippen molar-refractivity contribution in [3.05, 3.63) is 59.9 Å². The molecule has 0 bridgehead atoms. The SMILES string of the molecule is O=S(=O)(c1ccc(OCc2ccccc2F)cc1)N1CCOCC1. The van der Waals surface area contributed by atoms with Crippen LogP contribution in [0, 0.1) is 5.82 Å². The lowest BCUT2D eigenvalue weighted by Gasteiger charge is -2.26. The lowest BCUT2D eigenvalue weighted by molar-refractivity contribution is 0.0730. The molecule has 0 aromatic heterocycles. The lowest BCUT2D eigenvalue weighted by Crippen LogP contribution is -2.40. The fourth-order valence-electron chi connectivity index (χ4n) is 2.42. The summed E-state index contributed by atoms with van der Waals surface area (Å²) in [7, 11) is -3.51. The maximum Gasteiger partial charge on any atom is 0.243 e. The highest BCUT2D eigenvalue weighted by molar-refractivity contribution is 7.89. The Balaban J connectivity index is 1.68. The number of benzene rings is 2. The Kier molecular flexibility index (Phi) is 5.13. The van der Waals surface area contributed by atoms with E-state index in [1.807, 2.05) is 0 Å². The number of halogens is 1. The summed E-state index contributed by atoms with van der Waals surface area (Å²) in [5.41, 5.74) is 0.447. The van der Waals surface area contributed by atoms with Gasteiger partial charge in [0.15, 0.2) is 0 Å². The highest BCUT2D eigenvalue weighted by Crippen LogP contribution is 2.21. The average Bonchev–Trinajstić information content (AvgIpc) is 2.62. The second-order valence-corrected chi connectivity index (χ2v) is 7.31. The van der Waals surface area contributed by atoms with Crippen molar-refractivity contribution in [3.63, 3.8) is 0 Å². The molecule has 1 heterocycles. The Bertz CT molecular complexity index is 786. The molecule has 1 aliphatic rings.